The number of Topliss-reactive ketones (excluding diaryl/α,β-unsaturated/α-hetero) is 1. The second kappa shape index (κ2) is 10.4. The molecule has 0 radical (unpaired) electrons. The zero-order valence-electron chi connectivity index (χ0n) is 18.2. The van der Waals surface area contributed by atoms with Gasteiger partial charge in [-0.1, -0.05) is 76.6 Å². The lowest BCUT2D eigenvalue weighted by Gasteiger charge is -2.15. The highest BCUT2D eigenvalue weighted by molar-refractivity contribution is 8.06. The second-order valence-electron chi connectivity index (χ2n) is 7.60. The Kier molecular flexibility index (Phi) is 7.40. The highest BCUT2D eigenvalue weighted by atomic mass is 32.2. The minimum atomic E-state index is 0.0421. The summed E-state index contributed by atoms with van der Waals surface area (Å²) in [5, 5.41) is 0. The molecule has 5 heteroatoms. The van der Waals surface area contributed by atoms with E-state index in [1.165, 1.54) is 52.2 Å². The lowest BCUT2D eigenvalue weighted by molar-refractivity contribution is -0.111. The van der Waals surface area contributed by atoms with Gasteiger partial charge in [-0.2, -0.15) is 0 Å². The van der Waals surface area contributed by atoms with E-state index in [9.17, 15) is 4.79 Å². The Bertz CT molecular complexity index is 1140. The van der Waals surface area contributed by atoms with Crippen molar-refractivity contribution in [2.24, 2.45) is 4.40 Å². The normalized spacial score (nSPS) is 13.6. The zero-order valence-corrected chi connectivity index (χ0v) is 20.6. The number of benzene rings is 3. The molecule has 0 heterocycles. The van der Waals surface area contributed by atoms with Gasteiger partial charge in [0.25, 0.3) is 0 Å². The standard InChI is InChI=1S/C27H23NOS3/c1-18-4-10-22(11-5-18)30-25-16-21(28-32-24-14-8-20(3)9-15-24)17-26(27(25)29)31-23-12-6-19(2)7-13-23/h4-17H,1-3H3. The van der Waals surface area contributed by atoms with Gasteiger partial charge in [-0.3, -0.25) is 4.79 Å². The molecule has 3 aromatic rings. The molecule has 0 saturated heterocycles. The van der Waals surface area contributed by atoms with Crippen LogP contribution in [0.5, 0.6) is 0 Å². The third-order valence-corrected chi connectivity index (χ3v) is 7.63. The molecular formula is C27H23NOS3. The Labute approximate surface area is 202 Å². The minimum Gasteiger partial charge on any atom is -0.287 e. The number of allylic oxidation sites excluding steroid dienone is 4. The summed E-state index contributed by atoms with van der Waals surface area (Å²) in [6, 6.07) is 24.8. The van der Waals surface area contributed by atoms with Crippen LogP contribution in [0.25, 0.3) is 0 Å². The highest BCUT2D eigenvalue weighted by Crippen LogP contribution is 2.38. The van der Waals surface area contributed by atoms with Gasteiger partial charge < -0.3 is 0 Å². The molecule has 2 nitrogen and oxygen atoms in total. The third kappa shape index (κ3) is 6.06. The Hall–Kier alpha value is -2.47. The van der Waals surface area contributed by atoms with Crippen LogP contribution in [0.1, 0.15) is 16.7 Å². The molecule has 0 spiro atoms. The Morgan fingerprint density at radius 1 is 0.562 bits per heavy atom. The average molecular weight is 474 g/mol. The number of nitrogens with zero attached hydrogens (tertiary/aromatic N) is 1. The summed E-state index contributed by atoms with van der Waals surface area (Å²) in [6.07, 6.45) is 3.79. The Morgan fingerprint density at radius 3 is 1.34 bits per heavy atom. The summed E-state index contributed by atoms with van der Waals surface area (Å²) in [5.74, 6) is 0.0421. The Balaban J connectivity index is 1.62. The van der Waals surface area contributed by atoms with Gasteiger partial charge in [0, 0.05) is 26.6 Å². The number of ketones is 1. The van der Waals surface area contributed by atoms with E-state index in [0.29, 0.717) is 9.81 Å². The quantitative estimate of drug-likeness (QED) is 0.268. The van der Waals surface area contributed by atoms with Gasteiger partial charge in [0.05, 0.1) is 15.5 Å². The van der Waals surface area contributed by atoms with Crippen LogP contribution in [-0.4, -0.2) is 11.5 Å². The maximum atomic E-state index is 13.3. The molecule has 0 atom stereocenters. The van der Waals surface area contributed by atoms with Gasteiger partial charge in [-0.15, -0.1) is 0 Å². The van der Waals surface area contributed by atoms with Gasteiger partial charge in [-0.05, 0) is 69.3 Å². The zero-order chi connectivity index (χ0) is 22.5. The highest BCUT2D eigenvalue weighted by Gasteiger charge is 2.23. The van der Waals surface area contributed by atoms with Crippen molar-refractivity contribution in [3.05, 3.63) is 111 Å². The lowest BCUT2D eigenvalue weighted by Crippen LogP contribution is -2.10. The molecule has 0 amide bonds. The summed E-state index contributed by atoms with van der Waals surface area (Å²) in [5.41, 5.74) is 4.41. The predicted octanol–water partition coefficient (Wildman–Crippen LogP) is 8.00. The van der Waals surface area contributed by atoms with Crippen molar-refractivity contribution in [1.29, 1.82) is 0 Å². The molecule has 0 aliphatic heterocycles. The molecule has 0 unspecified atom stereocenters. The number of thioether (sulfide) groups is 2. The number of hydrogen-bond acceptors (Lipinski definition) is 5. The second-order valence-corrected chi connectivity index (χ2v) is 10.7. The molecule has 0 fully saturated rings. The van der Waals surface area contributed by atoms with Crippen molar-refractivity contribution in [3.8, 4) is 0 Å². The molecule has 160 valence electrons. The van der Waals surface area contributed by atoms with Crippen LogP contribution in [0, 0.1) is 20.8 Å². The van der Waals surface area contributed by atoms with Gasteiger partial charge in [0.15, 0.2) is 0 Å². The molecule has 0 bridgehead atoms. The molecule has 1 aliphatic rings. The number of aryl methyl sites for hydroxylation is 3. The maximum absolute atomic E-state index is 13.3. The number of carbonyl (C=O) groups excluding carboxylic acids is 1. The SMILES string of the molecule is Cc1ccc(SN=C2C=C(Sc3ccc(C)cc3)C(=O)C(Sc3ccc(C)cc3)=C2)cc1. The fraction of sp³-hybridized carbons (Fsp3) is 0.111. The van der Waals surface area contributed by atoms with Crippen LogP contribution in [0.2, 0.25) is 0 Å². The molecular weight excluding hydrogens is 451 g/mol. The molecule has 1 aliphatic carbocycles. The first kappa shape index (κ1) is 22.7. The van der Waals surface area contributed by atoms with Crippen LogP contribution < -0.4 is 0 Å². The Morgan fingerprint density at radius 2 is 0.938 bits per heavy atom. The number of rotatable bonds is 6. The topological polar surface area (TPSA) is 29.4 Å². The lowest BCUT2D eigenvalue weighted by atomic mass is 10.1. The van der Waals surface area contributed by atoms with Crippen molar-refractivity contribution >= 4 is 47.0 Å². The van der Waals surface area contributed by atoms with E-state index >= 15 is 0 Å². The fourth-order valence-corrected chi connectivity index (χ4v) is 5.39. The van der Waals surface area contributed by atoms with E-state index in [2.05, 4.69) is 93.6 Å². The van der Waals surface area contributed by atoms with E-state index in [1.54, 1.807) is 0 Å². The predicted molar refractivity (Wildman–Crippen MR) is 140 cm³/mol. The first-order valence-corrected chi connectivity index (χ1v) is 12.7. The summed E-state index contributed by atoms with van der Waals surface area (Å²) in [7, 11) is 0. The first-order valence-electron chi connectivity index (χ1n) is 10.2. The van der Waals surface area contributed by atoms with Gasteiger partial charge in [0.2, 0.25) is 5.78 Å². The van der Waals surface area contributed by atoms with Crippen molar-refractivity contribution in [3.63, 3.8) is 0 Å². The van der Waals surface area contributed by atoms with E-state index < -0.39 is 0 Å². The monoisotopic (exact) mass is 473 g/mol. The van der Waals surface area contributed by atoms with Crippen molar-refractivity contribution in [2.45, 2.75) is 35.5 Å². The summed E-state index contributed by atoms with van der Waals surface area (Å²) in [4.78, 5) is 17.8. The molecule has 0 aromatic heterocycles. The fourth-order valence-electron chi connectivity index (χ4n) is 2.94. The van der Waals surface area contributed by atoms with Crippen LogP contribution in [-0.2, 0) is 4.79 Å². The third-order valence-electron chi connectivity index (χ3n) is 4.78. The molecule has 0 saturated carbocycles. The number of hydrogen-bond donors (Lipinski definition) is 0. The molecule has 32 heavy (non-hydrogen) atoms. The van der Waals surface area contributed by atoms with Crippen LogP contribution >= 0.6 is 35.5 Å². The van der Waals surface area contributed by atoms with Gasteiger partial charge >= 0.3 is 0 Å². The van der Waals surface area contributed by atoms with Gasteiger partial charge in [-0.25, -0.2) is 4.40 Å². The van der Waals surface area contributed by atoms with E-state index in [0.717, 1.165) is 20.4 Å². The summed E-state index contributed by atoms with van der Waals surface area (Å²) in [6.45, 7) is 6.19. The summed E-state index contributed by atoms with van der Waals surface area (Å²) >= 11 is 4.41. The molecule has 3 aromatic carbocycles. The minimum absolute atomic E-state index is 0.0421. The average Bonchev–Trinajstić information content (AvgIpc) is 2.79. The van der Waals surface area contributed by atoms with Gasteiger partial charge in [0.1, 0.15) is 0 Å². The number of carbonyl (C=O) groups is 1. The smallest absolute Gasteiger partial charge is 0.206 e. The van der Waals surface area contributed by atoms with E-state index in [-0.39, 0.29) is 5.78 Å². The molecule has 4 rings (SSSR count). The largest absolute Gasteiger partial charge is 0.287 e. The first-order chi connectivity index (χ1) is 15.5. The van der Waals surface area contributed by atoms with Crippen molar-refractivity contribution < 1.29 is 4.79 Å². The van der Waals surface area contributed by atoms with Crippen molar-refractivity contribution in [2.75, 3.05) is 0 Å². The van der Waals surface area contributed by atoms with Crippen molar-refractivity contribution in [1.82, 2.24) is 0 Å². The van der Waals surface area contributed by atoms with Crippen LogP contribution in [0.3, 0.4) is 0 Å². The van der Waals surface area contributed by atoms with E-state index in [4.69, 9.17) is 4.40 Å². The van der Waals surface area contributed by atoms with Crippen LogP contribution in [0.15, 0.2) is 114 Å². The maximum Gasteiger partial charge on any atom is 0.206 e. The summed E-state index contributed by atoms with van der Waals surface area (Å²) < 4.78 is 4.73. The van der Waals surface area contributed by atoms with E-state index in [1.807, 2.05) is 12.2 Å². The van der Waals surface area contributed by atoms with Crippen LogP contribution in [0.4, 0.5) is 0 Å². The molecule has 0 N–H and O–H groups in total.